The molecule has 1 N–H and O–H groups in total. The van der Waals surface area contributed by atoms with Gasteiger partial charge >= 0.3 is 6.03 Å². The van der Waals surface area contributed by atoms with Crippen LogP contribution in [0.1, 0.15) is 43.0 Å². The topological polar surface area (TPSA) is 39.3 Å². The summed E-state index contributed by atoms with van der Waals surface area (Å²) < 4.78 is 0. The van der Waals surface area contributed by atoms with Crippen molar-refractivity contribution in [2.75, 3.05) is 14.1 Å². The van der Waals surface area contributed by atoms with Crippen LogP contribution in [0.4, 0.5) is 4.79 Å². The molecule has 5 heteroatoms. The van der Waals surface area contributed by atoms with Crippen molar-refractivity contribution in [3.05, 3.63) is 28.7 Å². The van der Waals surface area contributed by atoms with E-state index in [-0.39, 0.29) is 12.1 Å². The molecule has 0 bridgehead atoms. The summed E-state index contributed by atoms with van der Waals surface area (Å²) in [6, 6.07) is 2.04. The van der Waals surface area contributed by atoms with Gasteiger partial charge in [-0.25, -0.2) is 4.79 Å². The molecule has 1 atom stereocenters. The quantitative estimate of drug-likeness (QED) is 0.839. The molecule has 1 fully saturated rings. The van der Waals surface area contributed by atoms with E-state index in [4.69, 9.17) is 11.6 Å². The Bertz CT molecular complexity index is 543. The molecule has 4 nitrogen and oxygen atoms in total. The Balaban J connectivity index is 2.00. The number of amides is 2. The molecule has 108 valence electrons. The number of nitrogens with one attached hydrogen (secondary N) is 1. The number of aromatic nitrogens is 1. The summed E-state index contributed by atoms with van der Waals surface area (Å²) >= 11 is 6.11. The van der Waals surface area contributed by atoms with Gasteiger partial charge in [0, 0.05) is 31.6 Å². The van der Waals surface area contributed by atoms with Crippen LogP contribution < -0.4 is 0 Å². The van der Waals surface area contributed by atoms with E-state index in [1.165, 1.54) is 25.7 Å². The highest BCUT2D eigenvalue weighted by Gasteiger charge is 2.37. The van der Waals surface area contributed by atoms with Crippen LogP contribution in [0.15, 0.2) is 12.3 Å². The standard InChI is InChI=1S/C15H20ClN3O/c1-18(2)15(20)19-8-7-11-9-12(16)17-13(11)14(19)10-5-3-4-6-10/h7-10,14,17H,3-6H2,1-2H3. The molecule has 0 saturated heterocycles. The van der Waals surface area contributed by atoms with Crippen LogP contribution in [0.25, 0.3) is 6.08 Å². The van der Waals surface area contributed by atoms with E-state index in [9.17, 15) is 4.79 Å². The highest BCUT2D eigenvalue weighted by Crippen LogP contribution is 2.43. The second-order valence-corrected chi connectivity index (χ2v) is 6.28. The number of hydrogen-bond donors (Lipinski definition) is 1. The van der Waals surface area contributed by atoms with E-state index in [0.29, 0.717) is 11.1 Å². The average molecular weight is 294 g/mol. The summed E-state index contributed by atoms with van der Waals surface area (Å²) in [7, 11) is 3.58. The number of hydrogen-bond acceptors (Lipinski definition) is 1. The average Bonchev–Trinajstić information content (AvgIpc) is 3.03. The third-order valence-electron chi connectivity index (χ3n) is 4.31. The van der Waals surface area contributed by atoms with Gasteiger partial charge in [-0.1, -0.05) is 24.4 Å². The van der Waals surface area contributed by atoms with Gasteiger partial charge in [0.2, 0.25) is 0 Å². The van der Waals surface area contributed by atoms with E-state index in [1.807, 2.05) is 23.2 Å². The fourth-order valence-corrected chi connectivity index (χ4v) is 3.60. The van der Waals surface area contributed by atoms with Gasteiger partial charge < -0.3 is 9.88 Å². The first-order chi connectivity index (χ1) is 9.58. The number of urea groups is 1. The molecule has 0 radical (unpaired) electrons. The molecule has 2 amide bonds. The van der Waals surface area contributed by atoms with Crippen molar-refractivity contribution in [1.82, 2.24) is 14.8 Å². The normalized spacial score (nSPS) is 22.1. The van der Waals surface area contributed by atoms with Crippen molar-refractivity contribution < 1.29 is 4.79 Å². The van der Waals surface area contributed by atoms with Gasteiger partial charge in [0.05, 0.1) is 6.04 Å². The summed E-state index contributed by atoms with van der Waals surface area (Å²) in [5.41, 5.74) is 2.19. The molecular weight excluding hydrogens is 274 g/mol. The molecule has 1 aromatic rings. The summed E-state index contributed by atoms with van der Waals surface area (Å²) in [5, 5.41) is 0.641. The molecule has 1 saturated carbocycles. The molecule has 0 aromatic carbocycles. The molecule has 1 aliphatic heterocycles. The first-order valence-electron chi connectivity index (χ1n) is 7.14. The van der Waals surface area contributed by atoms with Crippen LogP contribution in [0, 0.1) is 5.92 Å². The number of rotatable bonds is 1. The number of nitrogens with zero attached hydrogens (tertiary/aromatic N) is 2. The highest BCUT2D eigenvalue weighted by molar-refractivity contribution is 6.29. The molecule has 3 rings (SSSR count). The fourth-order valence-electron chi connectivity index (χ4n) is 3.38. The molecule has 1 aromatic heterocycles. The minimum absolute atomic E-state index is 0.0227. The van der Waals surface area contributed by atoms with Crippen LogP contribution in [-0.4, -0.2) is 34.9 Å². The Hall–Kier alpha value is -1.42. The predicted molar refractivity (Wildman–Crippen MR) is 80.5 cm³/mol. The van der Waals surface area contributed by atoms with E-state index >= 15 is 0 Å². The number of halogens is 1. The number of H-pyrrole nitrogens is 1. The smallest absolute Gasteiger partial charge is 0.324 e. The van der Waals surface area contributed by atoms with Crippen LogP contribution in [0.3, 0.4) is 0 Å². The molecule has 1 aliphatic carbocycles. The van der Waals surface area contributed by atoms with E-state index in [1.54, 1.807) is 19.0 Å². The van der Waals surface area contributed by atoms with Gasteiger partial charge in [0.1, 0.15) is 5.15 Å². The van der Waals surface area contributed by atoms with Gasteiger partial charge in [0.25, 0.3) is 0 Å². The van der Waals surface area contributed by atoms with Gasteiger partial charge in [-0.2, -0.15) is 0 Å². The first kappa shape index (κ1) is 13.6. The van der Waals surface area contributed by atoms with Crippen LogP contribution >= 0.6 is 11.6 Å². The highest BCUT2D eigenvalue weighted by atomic mass is 35.5. The molecule has 1 unspecified atom stereocenters. The van der Waals surface area contributed by atoms with Crippen molar-refractivity contribution in [3.63, 3.8) is 0 Å². The second-order valence-electron chi connectivity index (χ2n) is 5.88. The zero-order valence-corrected chi connectivity index (χ0v) is 12.7. The SMILES string of the molecule is CN(C)C(=O)N1C=Cc2cc(Cl)[nH]c2C1C1CCCC1. The predicted octanol–water partition coefficient (Wildman–Crippen LogP) is 3.87. The number of carbonyl (C=O) groups excluding carboxylic acids is 1. The Kier molecular flexibility index (Phi) is 3.50. The largest absolute Gasteiger partial charge is 0.347 e. The monoisotopic (exact) mass is 293 g/mol. The summed E-state index contributed by atoms with van der Waals surface area (Å²) in [6.45, 7) is 0. The molecule has 2 heterocycles. The Morgan fingerprint density at radius 1 is 1.40 bits per heavy atom. The lowest BCUT2D eigenvalue weighted by atomic mass is 9.90. The second kappa shape index (κ2) is 5.17. The van der Waals surface area contributed by atoms with Crippen molar-refractivity contribution in [3.8, 4) is 0 Å². The molecule has 0 spiro atoms. The van der Waals surface area contributed by atoms with Crippen molar-refractivity contribution in [2.45, 2.75) is 31.7 Å². The Morgan fingerprint density at radius 2 is 2.10 bits per heavy atom. The minimum atomic E-state index is 0.0227. The first-order valence-corrected chi connectivity index (χ1v) is 7.52. The maximum absolute atomic E-state index is 12.4. The zero-order valence-electron chi connectivity index (χ0n) is 11.9. The van der Waals surface area contributed by atoms with Gasteiger partial charge in [-0.05, 0) is 30.9 Å². The lowest BCUT2D eigenvalue weighted by molar-refractivity contribution is 0.153. The zero-order chi connectivity index (χ0) is 14.3. The van der Waals surface area contributed by atoms with Gasteiger partial charge in [0.15, 0.2) is 0 Å². The fraction of sp³-hybridized carbons (Fsp3) is 0.533. The van der Waals surface area contributed by atoms with Gasteiger partial charge in [-0.3, -0.25) is 4.90 Å². The Morgan fingerprint density at radius 3 is 2.75 bits per heavy atom. The maximum Gasteiger partial charge on any atom is 0.324 e. The molecular formula is C15H20ClN3O. The van der Waals surface area contributed by atoms with E-state index in [2.05, 4.69) is 4.98 Å². The van der Waals surface area contributed by atoms with Crippen molar-refractivity contribution in [1.29, 1.82) is 0 Å². The Labute approximate surface area is 124 Å². The summed E-state index contributed by atoms with van der Waals surface area (Å²) in [5.74, 6) is 0.511. The minimum Gasteiger partial charge on any atom is -0.347 e. The third kappa shape index (κ3) is 2.22. The number of fused-ring (bicyclic) bond motifs is 1. The number of aromatic amines is 1. The van der Waals surface area contributed by atoms with Crippen LogP contribution in [0.2, 0.25) is 5.15 Å². The third-order valence-corrected chi connectivity index (χ3v) is 4.51. The lowest BCUT2D eigenvalue weighted by Crippen LogP contribution is -2.41. The van der Waals surface area contributed by atoms with Crippen molar-refractivity contribution in [2.24, 2.45) is 5.92 Å². The molecule has 20 heavy (non-hydrogen) atoms. The van der Waals surface area contributed by atoms with E-state index in [0.717, 1.165) is 11.3 Å². The van der Waals surface area contributed by atoms with E-state index < -0.39 is 0 Å². The van der Waals surface area contributed by atoms with Crippen LogP contribution in [0.5, 0.6) is 0 Å². The summed E-state index contributed by atoms with van der Waals surface area (Å²) in [6.07, 6.45) is 8.71. The summed E-state index contributed by atoms with van der Waals surface area (Å²) in [4.78, 5) is 19.2. The van der Waals surface area contributed by atoms with Crippen LogP contribution in [-0.2, 0) is 0 Å². The maximum atomic E-state index is 12.4. The lowest BCUT2D eigenvalue weighted by Gasteiger charge is -2.37. The van der Waals surface area contributed by atoms with Gasteiger partial charge in [-0.15, -0.1) is 0 Å². The number of carbonyl (C=O) groups is 1. The van der Waals surface area contributed by atoms with Crippen molar-refractivity contribution >= 4 is 23.7 Å². The molecule has 2 aliphatic rings.